The van der Waals surface area contributed by atoms with E-state index in [1.165, 1.54) is 0 Å². The molecule has 1 unspecified atom stereocenters. The Morgan fingerprint density at radius 2 is 2.03 bits per heavy atom. The standard InChI is InChI=1S/C24H17N5O2S/c30-24-18-6-2-10-26-21(18)22(29(24)14-17-5-3-11-32-17)27-16-7-8-20-19(12-16)28-23(31-20)15-4-1-9-25-13-15/h1-13,22,27H,14H2. The number of amides is 1. The topological polar surface area (TPSA) is 84.2 Å². The maximum Gasteiger partial charge on any atom is 0.258 e. The van der Waals surface area contributed by atoms with Gasteiger partial charge in [0, 0.05) is 29.2 Å². The second kappa shape index (κ2) is 7.58. The molecule has 5 heterocycles. The van der Waals surface area contributed by atoms with Crippen LogP contribution in [0.3, 0.4) is 0 Å². The van der Waals surface area contributed by atoms with Crippen LogP contribution < -0.4 is 5.32 Å². The van der Waals surface area contributed by atoms with E-state index in [-0.39, 0.29) is 12.1 Å². The van der Waals surface area contributed by atoms with E-state index in [1.807, 2.05) is 58.8 Å². The minimum Gasteiger partial charge on any atom is -0.436 e. The lowest BCUT2D eigenvalue weighted by Gasteiger charge is -2.26. The third-order valence-electron chi connectivity index (χ3n) is 5.41. The SMILES string of the molecule is O=C1c2cccnc2C(Nc2ccc3oc(-c4cccnc4)nc3c2)N1Cc1cccs1. The van der Waals surface area contributed by atoms with Crippen LogP contribution in [0.25, 0.3) is 22.6 Å². The molecule has 1 aliphatic heterocycles. The Morgan fingerprint density at radius 3 is 2.88 bits per heavy atom. The number of anilines is 1. The van der Waals surface area contributed by atoms with Crippen LogP contribution in [0.4, 0.5) is 5.69 Å². The molecule has 32 heavy (non-hydrogen) atoms. The molecule has 8 heteroatoms. The molecule has 0 saturated carbocycles. The summed E-state index contributed by atoms with van der Waals surface area (Å²) in [5, 5.41) is 5.50. The molecular weight excluding hydrogens is 422 g/mol. The van der Waals surface area contributed by atoms with Gasteiger partial charge in [-0.05, 0) is 53.9 Å². The van der Waals surface area contributed by atoms with Crippen LogP contribution in [0.15, 0.2) is 83.0 Å². The first kappa shape index (κ1) is 18.7. The average molecular weight is 440 g/mol. The van der Waals surface area contributed by atoms with Crippen LogP contribution in [0.2, 0.25) is 0 Å². The number of rotatable bonds is 5. The van der Waals surface area contributed by atoms with Gasteiger partial charge >= 0.3 is 0 Å². The van der Waals surface area contributed by atoms with Gasteiger partial charge in [-0.2, -0.15) is 0 Å². The first-order valence-corrected chi connectivity index (χ1v) is 11.0. The van der Waals surface area contributed by atoms with Gasteiger partial charge in [0.1, 0.15) is 11.7 Å². The molecule has 0 bridgehead atoms. The molecular formula is C24H17N5O2S. The van der Waals surface area contributed by atoms with Crippen molar-refractivity contribution in [1.82, 2.24) is 19.9 Å². The highest BCUT2D eigenvalue weighted by Gasteiger charge is 2.38. The van der Waals surface area contributed by atoms with Gasteiger partial charge in [-0.3, -0.25) is 14.8 Å². The molecule has 5 aromatic rings. The number of fused-ring (bicyclic) bond motifs is 2. The van der Waals surface area contributed by atoms with Crippen molar-refractivity contribution >= 4 is 34.0 Å². The lowest BCUT2D eigenvalue weighted by Crippen LogP contribution is -2.31. The number of carbonyl (C=O) groups excluding carboxylic acids is 1. The molecule has 0 spiro atoms. The van der Waals surface area contributed by atoms with Crippen molar-refractivity contribution in [2.45, 2.75) is 12.7 Å². The number of hydrogen-bond acceptors (Lipinski definition) is 7. The third kappa shape index (κ3) is 3.21. The quantitative estimate of drug-likeness (QED) is 0.410. The van der Waals surface area contributed by atoms with Crippen LogP contribution >= 0.6 is 11.3 Å². The van der Waals surface area contributed by atoms with Gasteiger partial charge in [-0.15, -0.1) is 11.3 Å². The van der Waals surface area contributed by atoms with E-state index in [0.717, 1.165) is 27.3 Å². The van der Waals surface area contributed by atoms with E-state index in [0.29, 0.717) is 23.6 Å². The summed E-state index contributed by atoms with van der Waals surface area (Å²) in [6, 6.07) is 17.1. The number of benzene rings is 1. The van der Waals surface area contributed by atoms with Crippen LogP contribution in [0.5, 0.6) is 0 Å². The van der Waals surface area contributed by atoms with E-state index in [1.54, 1.807) is 36.0 Å². The van der Waals surface area contributed by atoms with E-state index >= 15 is 0 Å². The van der Waals surface area contributed by atoms with Gasteiger partial charge in [-0.1, -0.05) is 6.07 Å². The van der Waals surface area contributed by atoms with Gasteiger partial charge in [0.25, 0.3) is 5.91 Å². The number of pyridine rings is 2. The highest BCUT2D eigenvalue weighted by atomic mass is 32.1. The Morgan fingerprint density at radius 1 is 1.09 bits per heavy atom. The highest BCUT2D eigenvalue weighted by molar-refractivity contribution is 7.09. The van der Waals surface area contributed by atoms with Crippen molar-refractivity contribution in [3.63, 3.8) is 0 Å². The van der Waals surface area contributed by atoms with Crippen molar-refractivity contribution in [3.05, 3.63) is 94.7 Å². The van der Waals surface area contributed by atoms with Crippen LogP contribution in [0, 0.1) is 0 Å². The average Bonchev–Trinajstić information content (AvgIpc) is 3.55. The number of oxazole rings is 1. The van der Waals surface area contributed by atoms with Crippen molar-refractivity contribution in [3.8, 4) is 11.5 Å². The minimum absolute atomic E-state index is 0.0274. The molecule has 0 aliphatic carbocycles. The van der Waals surface area contributed by atoms with Gasteiger partial charge < -0.3 is 14.6 Å². The number of nitrogens with zero attached hydrogens (tertiary/aromatic N) is 4. The molecule has 0 fully saturated rings. The second-order valence-electron chi connectivity index (χ2n) is 7.44. The molecule has 1 aliphatic rings. The Balaban J connectivity index is 1.34. The summed E-state index contributed by atoms with van der Waals surface area (Å²) in [7, 11) is 0. The Kier molecular flexibility index (Phi) is 4.43. The number of hydrogen-bond donors (Lipinski definition) is 1. The molecule has 0 radical (unpaired) electrons. The largest absolute Gasteiger partial charge is 0.436 e. The maximum absolute atomic E-state index is 13.1. The van der Waals surface area contributed by atoms with Crippen molar-refractivity contribution < 1.29 is 9.21 Å². The Bertz CT molecular complexity index is 1420. The number of nitrogens with one attached hydrogen (secondary N) is 1. The summed E-state index contributed by atoms with van der Waals surface area (Å²) in [4.78, 5) is 29.3. The molecule has 1 amide bonds. The third-order valence-corrected chi connectivity index (χ3v) is 6.27. The lowest BCUT2D eigenvalue weighted by atomic mass is 10.2. The molecule has 156 valence electrons. The van der Waals surface area contributed by atoms with Gasteiger partial charge in [0.2, 0.25) is 5.89 Å². The molecule has 1 aromatic carbocycles. The Hall–Kier alpha value is -4.04. The fraction of sp³-hybridized carbons (Fsp3) is 0.0833. The molecule has 1 atom stereocenters. The minimum atomic E-state index is -0.372. The lowest BCUT2D eigenvalue weighted by molar-refractivity contribution is 0.0729. The molecule has 4 aromatic heterocycles. The maximum atomic E-state index is 13.1. The van der Waals surface area contributed by atoms with Gasteiger partial charge in [-0.25, -0.2) is 4.98 Å². The fourth-order valence-corrected chi connectivity index (χ4v) is 4.61. The highest BCUT2D eigenvalue weighted by Crippen LogP contribution is 2.35. The summed E-state index contributed by atoms with van der Waals surface area (Å²) < 4.78 is 5.89. The van der Waals surface area contributed by atoms with Crippen molar-refractivity contribution in [2.24, 2.45) is 0 Å². The monoisotopic (exact) mass is 439 g/mol. The predicted molar refractivity (Wildman–Crippen MR) is 122 cm³/mol. The van der Waals surface area contributed by atoms with Crippen molar-refractivity contribution in [1.29, 1.82) is 0 Å². The van der Waals surface area contributed by atoms with Crippen LogP contribution in [-0.2, 0) is 6.54 Å². The fourth-order valence-electron chi connectivity index (χ4n) is 3.90. The molecule has 6 rings (SSSR count). The van der Waals surface area contributed by atoms with E-state index in [4.69, 9.17) is 4.42 Å². The summed E-state index contributed by atoms with van der Waals surface area (Å²) in [6.07, 6.45) is 4.78. The van der Waals surface area contributed by atoms with Crippen molar-refractivity contribution in [2.75, 3.05) is 5.32 Å². The van der Waals surface area contributed by atoms with E-state index in [2.05, 4.69) is 20.3 Å². The predicted octanol–water partition coefficient (Wildman–Crippen LogP) is 5.11. The summed E-state index contributed by atoms with van der Waals surface area (Å²) in [6.45, 7) is 0.516. The normalized spacial score (nSPS) is 15.3. The first-order valence-electron chi connectivity index (χ1n) is 10.1. The van der Waals surface area contributed by atoms with Gasteiger partial charge in [0.15, 0.2) is 5.58 Å². The zero-order chi connectivity index (χ0) is 21.5. The van der Waals surface area contributed by atoms with Crippen LogP contribution in [0.1, 0.15) is 27.1 Å². The summed E-state index contributed by atoms with van der Waals surface area (Å²) in [5.74, 6) is 0.494. The summed E-state index contributed by atoms with van der Waals surface area (Å²) in [5.41, 5.74) is 4.42. The van der Waals surface area contributed by atoms with E-state index in [9.17, 15) is 4.79 Å². The van der Waals surface area contributed by atoms with E-state index < -0.39 is 0 Å². The number of aromatic nitrogens is 3. The molecule has 1 N–H and O–H groups in total. The second-order valence-corrected chi connectivity index (χ2v) is 8.47. The van der Waals surface area contributed by atoms with Gasteiger partial charge in [0.05, 0.1) is 23.4 Å². The first-order chi connectivity index (χ1) is 15.8. The van der Waals surface area contributed by atoms with Crippen LogP contribution in [-0.4, -0.2) is 25.8 Å². The number of thiophene rings is 1. The smallest absolute Gasteiger partial charge is 0.258 e. The molecule has 7 nitrogen and oxygen atoms in total. The zero-order valence-corrected chi connectivity index (χ0v) is 17.6. The zero-order valence-electron chi connectivity index (χ0n) is 16.8. The summed E-state index contributed by atoms with van der Waals surface area (Å²) >= 11 is 1.63. The Labute approximate surface area is 187 Å². The number of carbonyl (C=O) groups is 1. The molecule has 0 saturated heterocycles.